The van der Waals surface area contributed by atoms with Gasteiger partial charge in [-0.2, -0.15) is 0 Å². The number of hydrogen-bond donors (Lipinski definition) is 1. The van der Waals surface area contributed by atoms with Gasteiger partial charge in [-0.25, -0.2) is 4.79 Å². The van der Waals surface area contributed by atoms with Crippen LogP contribution in [0.25, 0.3) is 11.1 Å². The van der Waals surface area contributed by atoms with Gasteiger partial charge in [-0.3, -0.25) is 0 Å². The number of hydrogen-bond acceptors (Lipinski definition) is 3. The van der Waals surface area contributed by atoms with Gasteiger partial charge in [0.05, 0.1) is 12.2 Å². The highest BCUT2D eigenvalue weighted by molar-refractivity contribution is 5.89. The molecule has 0 aliphatic heterocycles. The highest BCUT2D eigenvalue weighted by Crippen LogP contribution is 2.31. The molecule has 0 saturated heterocycles. The molecule has 0 heterocycles. The van der Waals surface area contributed by atoms with Crippen LogP contribution in [-0.4, -0.2) is 31.4 Å². The van der Waals surface area contributed by atoms with Gasteiger partial charge in [0.1, 0.15) is 12.4 Å². The van der Waals surface area contributed by atoms with Gasteiger partial charge >= 0.3 is 5.97 Å². The molecular weight excluding hydrogens is 256 g/mol. The Morgan fingerprint density at radius 1 is 1.10 bits per heavy atom. The van der Waals surface area contributed by atoms with E-state index in [-0.39, 0.29) is 5.56 Å². The van der Waals surface area contributed by atoms with Crippen LogP contribution in [0.2, 0.25) is 0 Å². The smallest absolute Gasteiger partial charge is 0.335 e. The molecule has 4 nitrogen and oxygen atoms in total. The minimum Gasteiger partial charge on any atom is -0.491 e. The zero-order valence-electron chi connectivity index (χ0n) is 11.2. The lowest BCUT2D eigenvalue weighted by Gasteiger charge is -2.12. The van der Waals surface area contributed by atoms with Crippen LogP contribution < -0.4 is 4.74 Å². The summed E-state index contributed by atoms with van der Waals surface area (Å²) in [5, 5.41) is 9.06. The Morgan fingerprint density at radius 3 is 2.50 bits per heavy atom. The summed E-state index contributed by atoms with van der Waals surface area (Å²) in [5.41, 5.74) is 2.06. The number of carbonyl (C=O) groups is 1. The van der Waals surface area contributed by atoms with Crippen molar-refractivity contribution in [3.05, 3.63) is 54.1 Å². The van der Waals surface area contributed by atoms with Gasteiger partial charge in [0.2, 0.25) is 0 Å². The van der Waals surface area contributed by atoms with Gasteiger partial charge in [-0.15, -0.1) is 0 Å². The number of rotatable bonds is 6. The van der Waals surface area contributed by atoms with Crippen molar-refractivity contribution in [3.63, 3.8) is 0 Å². The molecule has 1 N–H and O–H groups in total. The van der Waals surface area contributed by atoms with Crippen molar-refractivity contribution >= 4 is 5.97 Å². The lowest BCUT2D eigenvalue weighted by atomic mass is 10.0. The first kappa shape index (κ1) is 14.1. The summed E-state index contributed by atoms with van der Waals surface area (Å²) in [6, 6.07) is 14.6. The first-order valence-corrected chi connectivity index (χ1v) is 6.27. The van der Waals surface area contributed by atoms with E-state index in [4.69, 9.17) is 14.6 Å². The summed E-state index contributed by atoms with van der Waals surface area (Å²) in [4.78, 5) is 11.1. The first-order valence-electron chi connectivity index (χ1n) is 6.27. The largest absolute Gasteiger partial charge is 0.491 e. The molecule has 0 aliphatic carbocycles. The number of ether oxygens (including phenoxy) is 2. The van der Waals surface area contributed by atoms with Crippen LogP contribution in [0.4, 0.5) is 0 Å². The fourth-order valence-electron chi connectivity index (χ4n) is 1.87. The van der Waals surface area contributed by atoms with E-state index in [1.807, 2.05) is 30.3 Å². The molecule has 0 spiro atoms. The lowest BCUT2D eigenvalue weighted by Crippen LogP contribution is -2.06. The molecular formula is C16H16O4. The molecule has 0 radical (unpaired) electrons. The van der Waals surface area contributed by atoms with Crippen molar-refractivity contribution in [1.29, 1.82) is 0 Å². The fraction of sp³-hybridized carbons (Fsp3) is 0.188. The van der Waals surface area contributed by atoms with Crippen LogP contribution in [-0.2, 0) is 4.74 Å². The summed E-state index contributed by atoms with van der Waals surface area (Å²) in [6.07, 6.45) is 0. The van der Waals surface area contributed by atoms with E-state index in [1.165, 1.54) is 0 Å². The van der Waals surface area contributed by atoms with E-state index >= 15 is 0 Å². The van der Waals surface area contributed by atoms with Gasteiger partial charge < -0.3 is 14.6 Å². The Balaban J connectivity index is 2.37. The second kappa shape index (κ2) is 6.73. The Labute approximate surface area is 117 Å². The summed E-state index contributed by atoms with van der Waals surface area (Å²) in [7, 11) is 1.59. The van der Waals surface area contributed by atoms with Gasteiger partial charge in [0, 0.05) is 12.7 Å². The van der Waals surface area contributed by atoms with E-state index in [9.17, 15) is 4.79 Å². The van der Waals surface area contributed by atoms with Gasteiger partial charge in [-0.05, 0) is 23.8 Å². The third-order valence-corrected chi connectivity index (χ3v) is 2.86. The van der Waals surface area contributed by atoms with Gasteiger partial charge in [-0.1, -0.05) is 30.3 Å². The Morgan fingerprint density at radius 2 is 1.85 bits per heavy atom. The van der Waals surface area contributed by atoms with Crippen LogP contribution in [0.5, 0.6) is 5.75 Å². The molecule has 4 heteroatoms. The van der Waals surface area contributed by atoms with Crippen molar-refractivity contribution in [2.24, 2.45) is 0 Å². The number of aromatic carboxylic acids is 1. The Hall–Kier alpha value is -2.33. The third kappa shape index (κ3) is 3.36. The topological polar surface area (TPSA) is 55.8 Å². The van der Waals surface area contributed by atoms with Crippen LogP contribution in [0, 0.1) is 0 Å². The highest BCUT2D eigenvalue weighted by Gasteiger charge is 2.11. The van der Waals surface area contributed by atoms with E-state index in [2.05, 4.69) is 0 Å². The minimum absolute atomic E-state index is 0.206. The molecule has 2 rings (SSSR count). The fourth-order valence-corrected chi connectivity index (χ4v) is 1.87. The predicted octanol–water partition coefficient (Wildman–Crippen LogP) is 3.08. The normalized spacial score (nSPS) is 10.2. The zero-order valence-corrected chi connectivity index (χ0v) is 11.2. The summed E-state index contributed by atoms with van der Waals surface area (Å²) >= 11 is 0. The van der Waals surface area contributed by atoms with Gasteiger partial charge in [0.15, 0.2) is 0 Å². The molecule has 2 aromatic carbocycles. The van der Waals surface area contributed by atoms with Crippen molar-refractivity contribution in [3.8, 4) is 16.9 Å². The van der Waals surface area contributed by atoms with Crippen LogP contribution in [0.15, 0.2) is 48.5 Å². The monoisotopic (exact) mass is 272 g/mol. The third-order valence-electron chi connectivity index (χ3n) is 2.86. The zero-order chi connectivity index (χ0) is 14.4. The standard InChI is InChI=1S/C16H16O4/c1-19-9-10-20-15-11-13(16(17)18)7-8-14(15)12-5-3-2-4-6-12/h2-8,11H,9-10H2,1H3,(H,17,18). The Bertz CT molecular complexity index is 578. The number of benzene rings is 2. The molecule has 0 aromatic heterocycles. The summed E-state index contributed by atoms with van der Waals surface area (Å²) in [5.74, 6) is -0.422. The maximum Gasteiger partial charge on any atom is 0.335 e. The molecule has 0 atom stereocenters. The molecule has 0 bridgehead atoms. The van der Waals surface area contributed by atoms with Crippen molar-refractivity contribution in [2.45, 2.75) is 0 Å². The van der Waals surface area contributed by atoms with Crippen LogP contribution >= 0.6 is 0 Å². The minimum atomic E-state index is -0.971. The summed E-state index contributed by atoms with van der Waals surface area (Å²) in [6.45, 7) is 0.824. The second-order valence-corrected chi connectivity index (χ2v) is 4.22. The summed E-state index contributed by atoms with van der Waals surface area (Å²) < 4.78 is 10.6. The average Bonchev–Trinajstić information content (AvgIpc) is 2.48. The quantitative estimate of drug-likeness (QED) is 0.821. The number of methoxy groups -OCH3 is 1. The molecule has 0 amide bonds. The van der Waals surface area contributed by atoms with E-state index in [0.717, 1.165) is 11.1 Å². The van der Waals surface area contributed by atoms with Gasteiger partial charge in [0.25, 0.3) is 0 Å². The maximum atomic E-state index is 11.1. The van der Waals surface area contributed by atoms with Crippen LogP contribution in [0.3, 0.4) is 0 Å². The number of carboxylic acids is 1. The van der Waals surface area contributed by atoms with E-state index in [0.29, 0.717) is 19.0 Å². The first-order chi connectivity index (χ1) is 9.72. The van der Waals surface area contributed by atoms with Crippen molar-refractivity contribution < 1.29 is 19.4 Å². The average molecular weight is 272 g/mol. The van der Waals surface area contributed by atoms with Crippen molar-refractivity contribution in [1.82, 2.24) is 0 Å². The molecule has 0 fully saturated rings. The molecule has 2 aromatic rings. The number of carboxylic acid groups (broad SMARTS) is 1. The van der Waals surface area contributed by atoms with Crippen molar-refractivity contribution in [2.75, 3.05) is 20.3 Å². The molecule has 104 valence electrons. The second-order valence-electron chi connectivity index (χ2n) is 4.22. The maximum absolute atomic E-state index is 11.1. The van der Waals surface area contributed by atoms with E-state index < -0.39 is 5.97 Å². The molecule has 0 aliphatic rings. The highest BCUT2D eigenvalue weighted by atomic mass is 16.5. The molecule has 0 saturated carbocycles. The van der Waals surface area contributed by atoms with Crippen LogP contribution in [0.1, 0.15) is 10.4 Å². The van der Waals surface area contributed by atoms with E-state index in [1.54, 1.807) is 25.3 Å². The predicted molar refractivity (Wildman–Crippen MR) is 76.2 cm³/mol. The lowest BCUT2D eigenvalue weighted by molar-refractivity contribution is 0.0696. The Kier molecular flexibility index (Phi) is 4.74. The molecule has 0 unspecified atom stereocenters. The molecule has 20 heavy (non-hydrogen) atoms. The SMILES string of the molecule is COCCOc1cc(C(=O)O)ccc1-c1ccccc1.